The van der Waals surface area contributed by atoms with Gasteiger partial charge in [0.1, 0.15) is 5.82 Å². The second-order valence-electron chi connectivity index (χ2n) is 4.90. The molecule has 2 unspecified atom stereocenters. The number of amides is 1. The molecule has 1 aromatic heterocycles. The fourth-order valence-electron chi connectivity index (χ4n) is 2.36. The number of carbonyl (C=O) groups is 1. The topological polar surface area (TPSA) is 50.6 Å². The van der Waals surface area contributed by atoms with Crippen LogP contribution in [0.2, 0.25) is 0 Å². The van der Waals surface area contributed by atoms with Gasteiger partial charge in [0.15, 0.2) is 0 Å². The third-order valence-electron chi connectivity index (χ3n) is 3.39. The minimum atomic E-state index is -0.643. The standard InChI is InChI=1S/C14H19ClN4O2/c1-4-9-21-19(14(15)20)11-5-6-12(18(3)10-11)13-16-7-8-17(13)2/h4-8,11-12H,1,9-10H2,2-3H3. The summed E-state index contributed by atoms with van der Waals surface area (Å²) in [6.07, 6.45) is 9.17. The molecule has 1 amide bonds. The van der Waals surface area contributed by atoms with Crippen molar-refractivity contribution in [1.29, 1.82) is 0 Å². The molecule has 0 N–H and O–H groups in total. The van der Waals surface area contributed by atoms with Gasteiger partial charge in [-0.2, -0.15) is 5.06 Å². The zero-order valence-corrected chi connectivity index (χ0v) is 12.9. The number of likely N-dealkylation sites (N-methyl/N-ethyl adjacent to an activating group) is 1. The van der Waals surface area contributed by atoms with E-state index in [-0.39, 0.29) is 18.7 Å². The summed E-state index contributed by atoms with van der Waals surface area (Å²) in [7, 11) is 3.93. The molecule has 0 saturated carbocycles. The van der Waals surface area contributed by atoms with Crippen molar-refractivity contribution in [3.63, 3.8) is 0 Å². The zero-order valence-electron chi connectivity index (χ0n) is 12.1. The molecule has 0 spiro atoms. The van der Waals surface area contributed by atoms with E-state index in [1.165, 1.54) is 5.06 Å². The Kier molecular flexibility index (Phi) is 5.17. The van der Waals surface area contributed by atoms with Gasteiger partial charge in [0.25, 0.3) is 0 Å². The molecule has 0 aliphatic carbocycles. The van der Waals surface area contributed by atoms with Gasteiger partial charge >= 0.3 is 5.37 Å². The number of hydrogen-bond acceptors (Lipinski definition) is 4. The molecule has 2 atom stereocenters. The van der Waals surface area contributed by atoms with Gasteiger partial charge in [-0.3, -0.25) is 14.5 Å². The van der Waals surface area contributed by atoms with Crippen molar-refractivity contribution in [2.45, 2.75) is 12.1 Å². The van der Waals surface area contributed by atoms with E-state index in [1.807, 2.05) is 37.0 Å². The van der Waals surface area contributed by atoms with Crippen LogP contribution in [0.1, 0.15) is 11.9 Å². The molecule has 0 saturated heterocycles. The first-order chi connectivity index (χ1) is 10.0. The normalized spacial score (nSPS) is 22.2. The Morgan fingerprint density at radius 3 is 2.90 bits per heavy atom. The number of hydroxylamine groups is 2. The van der Waals surface area contributed by atoms with Gasteiger partial charge in [-0.15, -0.1) is 6.58 Å². The highest BCUT2D eigenvalue weighted by Crippen LogP contribution is 2.25. The molecule has 0 aromatic carbocycles. The monoisotopic (exact) mass is 310 g/mol. The van der Waals surface area contributed by atoms with Gasteiger partial charge in [-0.1, -0.05) is 18.2 Å². The lowest BCUT2D eigenvalue weighted by atomic mass is 10.1. The maximum Gasteiger partial charge on any atom is 0.340 e. The van der Waals surface area contributed by atoms with Crippen LogP contribution < -0.4 is 0 Å². The SMILES string of the molecule is C=CCON(C(=O)Cl)C1C=CC(c2nccn2C)N(C)C1. The molecule has 1 aliphatic rings. The summed E-state index contributed by atoms with van der Waals surface area (Å²) in [5.74, 6) is 0.947. The largest absolute Gasteiger partial charge is 0.340 e. The number of imidazole rings is 1. The van der Waals surface area contributed by atoms with Gasteiger partial charge in [-0.05, 0) is 18.6 Å². The van der Waals surface area contributed by atoms with E-state index in [2.05, 4.69) is 16.5 Å². The van der Waals surface area contributed by atoms with Gasteiger partial charge in [-0.25, -0.2) is 4.98 Å². The Balaban J connectivity index is 2.14. The minimum absolute atomic E-state index is 0.0629. The molecule has 2 rings (SSSR count). The Morgan fingerprint density at radius 2 is 2.38 bits per heavy atom. The lowest BCUT2D eigenvalue weighted by molar-refractivity contribution is -0.121. The van der Waals surface area contributed by atoms with E-state index >= 15 is 0 Å². The number of carbonyl (C=O) groups excluding carboxylic acids is 1. The van der Waals surface area contributed by atoms with Crippen LogP contribution in [-0.2, 0) is 11.9 Å². The summed E-state index contributed by atoms with van der Waals surface area (Å²) < 4.78 is 1.98. The van der Waals surface area contributed by atoms with Crippen molar-refractivity contribution < 1.29 is 9.63 Å². The number of halogens is 1. The molecular weight excluding hydrogens is 292 g/mol. The van der Waals surface area contributed by atoms with Gasteiger partial charge in [0.05, 0.1) is 18.7 Å². The summed E-state index contributed by atoms with van der Waals surface area (Å²) in [5.41, 5.74) is 0. The van der Waals surface area contributed by atoms with Gasteiger partial charge in [0, 0.05) is 26.0 Å². The lowest BCUT2D eigenvalue weighted by Gasteiger charge is -2.36. The van der Waals surface area contributed by atoms with E-state index in [4.69, 9.17) is 16.4 Å². The van der Waals surface area contributed by atoms with E-state index in [1.54, 1.807) is 12.3 Å². The number of rotatable bonds is 5. The fraction of sp³-hybridized carbons (Fsp3) is 0.429. The Labute approximate surface area is 129 Å². The molecule has 1 aromatic rings. The maximum absolute atomic E-state index is 11.5. The van der Waals surface area contributed by atoms with Crippen LogP contribution in [0.25, 0.3) is 0 Å². The Morgan fingerprint density at radius 1 is 1.62 bits per heavy atom. The van der Waals surface area contributed by atoms with Crippen molar-refractivity contribution in [1.82, 2.24) is 19.5 Å². The van der Waals surface area contributed by atoms with Gasteiger partial charge in [0.2, 0.25) is 0 Å². The van der Waals surface area contributed by atoms with Crippen LogP contribution in [0.3, 0.4) is 0 Å². The molecule has 6 nitrogen and oxygen atoms in total. The van der Waals surface area contributed by atoms with Crippen LogP contribution in [-0.4, -0.2) is 51.1 Å². The lowest BCUT2D eigenvalue weighted by Crippen LogP contribution is -2.46. The quantitative estimate of drug-likeness (QED) is 0.362. The van der Waals surface area contributed by atoms with Crippen LogP contribution >= 0.6 is 11.6 Å². The van der Waals surface area contributed by atoms with E-state index in [0.717, 1.165) is 5.82 Å². The summed E-state index contributed by atoms with van der Waals surface area (Å²) in [6.45, 7) is 4.39. The van der Waals surface area contributed by atoms with Crippen molar-refractivity contribution >= 4 is 17.0 Å². The molecule has 0 fully saturated rings. The average molecular weight is 311 g/mol. The number of hydrogen-bond donors (Lipinski definition) is 0. The van der Waals surface area contributed by atoms with Crippen molar-refractivity contribution in [3.05, 3.63) is 43.0 Å². The zero-order chi connectivity index (χ0) is 15.4. The molecule has 0 radical (unpaired) electrons. The predicted octanol–water partition coefficient (Wildman–Crippen LogP) is 2.11. The van der Waals surface area contributed by atoms with E-state index < -0.39 is 5.37 Å². The maximum atomic E-state index is 11.5. The molecule has 7 heteroatoms. The molecule has 0 bridgehead atoms. The minimum Gasteiger partial charge on any atom is -0.336 e. The van der Waals surface area contributed by atoms with Crippen LogP contribution in [0.5, 0.6) is 0 Å². The third kappa shape index (κ3) is 3.53. The second-order valence-corrected chi connectivity index (χ2v) is 5.22. The number of aromatic nitrogens is 2. The molecule has 2 heterocycles. The Bertz CT molecular complexity index is 543. The molecule has 21 heavy (non-hydrogen) atoms. The van der Waals surface area contributed by atoms with E-state index in [9.17, 15) is 4.79 Å². The highest BCUT2D eigenvalue weighted by atomic mass is 35.5. The van der Waals surface area contributed by atoms with Crippen LogP contribution in [0.15, 0.2) is 37.2 Å². The summed E-state index contributed by atoms with van der Waals surface area (Å²) in [5, 5.41) is 0.528. The van der Waals surface area contributed by atoms with E-state index in [0.29, 0.717) is 6.54 Å². The van der Waals surface area contributed by atoms with Crippen LogP contribution in [0.4, 0.5) is 4.79 Å². The first kappa shape index (κ1) is 15.8. The highest BCUT2D eigenvalue weighted by molar-refractivity contribution is 6.62. The number of aryl methyl sites for hydroxylation is 1. The first-order valence-corrected chi connectivity index (χ1v) is 7.00. The molecule has 1 aliphatic heterocycles. The van der Waals surface area contributed by atoms with Gasteiger partial charge < -0.3 is 4.57 Å². The Hall–Kier alpha value is -1.63. The van der Waals surface area contributed by atoms with Crippen molar-refractivity contribution in [2.75, 3.05) is 20.2 Å². The summed E-state index contributed by atoms with van der Waals surface area (Å²) in [4.78, 5) is 23.3. The average Bonchev–Trinajstić information content (AvgIpc) is 2.85. The molecular formula is C14H19ClN4O2. The van der Waals surface area contributed by atoms with Crippen LogP contribution in [0, 0.1) is 0 Å². The highest BCUT2D eigenvalue weighted by Gasteiger charge is 2.30. The first-order valence-electron chi connectivity index (χ1n) is 6.63. The van der Waals surface area contributed by atoms with Crippen molar-refractivity contribution in [2.24, 2.45) is 7.05 Å². The summed E-state index contributed by atoms with van der Waals surface area (Å²) in [6, 6.07) is -0.176. The molecule has 114 valence electrons. The summed E-state index contributed by atoms with van der Waals surface area (Å²) >= 11 is 5.58. The smallest absolute Gasteiger partial charge is 0.336 e. The fourth-order valence-corrected chi connectivity index (χ4v) is 2.53. The second kappa shape index (κ2) is 6.89. The van der Waals surface area contributed by atoms with Crippen molar-refractivity contribution in [3.8, 4) is 0 Å². The number of nitrogens with zero attached hydrogens (tertiary/aromatic N) is 4. The third-order valence-corrected chi connectivity index (χ3v) is 3.56. The predicted molar refractivity (Wildman–Crippen MR) is 80.7 cm³/mol.